The van der Waals surface area contributed by atoms with E-state index in [9.17, 15) is 0 Å². The molecule has 4 nitrogen and oxygen atoms in total. The molecule has 0 aliphatic heterocycles. The van der Waals surface area contributed by atoms with Gasteiger partial charge in [-0.25, -0.2) is 9.97 Å². The maximum Gasteiger partial charge on any atom is 0.227 e. The quantitative estimate of drug-likeness (QED) is 0.647. The third-order valence-electron chi connectivity index (χ3n) is 3.29. The number of nitrogens with one attached hydrogen (secondary N) is 2. The third kappa shape index (κ3) is 4.12. The minimum atomic E-state index is 0.541. The first kappa shape index (κ1) is 16.0. The number of allylic oxidation sites excluding steroid dienone is 1. The number of hydrogen-bond donors (Lipinski definition) is 2. The Hall–Kier alpha value is -2.85. The highest BCUT2D eigenvalue weighted by molar-refractivity contribution is 6.30. The molecule has 0 amide bonds. The fourth-order valence-corrected chi connectivity index (χ4v) is 2.34. The molecule has 0 unspecified atom stereocenters. The molecule has 24 heavy (non-hydrogen) atoms. The lowest BCUT2D eigenvalue weighted by Gasteiger charge is -2.08. The zero-order valence-electron chi connectivity index (χ0n) is 13.3. The number of halogens is 1. The highest BCUT2D eigenvalue weighted by Crippen LogP contribution is 2.22. The second kappa shape index (κ2) is 7.15. The van der Waals surface area contributed by atoms with Crippen LogP contribution in [-0.4, -0.2) is 9.97 Å². The number of benzene rings is 2. The first-order valence-electron chi connectivity index (χ1n) is 7.49. The van der Waals surface area contributed by atoms with E-state index in [4.69, 9.17) is 11.6 Å². The van der Waals surface area contributed by atoms with Crippen molar-refractivity contribution in [3.05, 3.63) is 78.1 Å². The molecular weight excluding hydrogens is 320 g/mol. The van der Waals surface area contributed by atoms with E-state index in [1.54, 1.807) is 6.20 Å². The maximum absolute atomic E-state index is 5.89. The van der Waals surface area contributed by atoms with E-state index >= 15 is 0 Å². The van der Waals surface area contributed by atoms with E-state index in [1.165, 1.54) is 0 Å². The van der Waals surface area contributed by atoms with Gasteiger partial charge < -0.3 is 10.6 Å². The molecule has 0 aliphatic rings. The van der Waals surface area contributed by atoms with Crippen LogP contribution in [-0.2, 0) is 0 Å². The van der Waals surface area contributed by atoms with Gasteiger partial charge in [-0.2, -0.15) is 0 Å². The molecule has 0 radical (unpaired) electrons. The molecule has 0 aliphatic carbocycles. The first-order chi connectivity index (χ1) is 11.6. The first-order valence-corrected chi connectivity index (χ1v) is 7.86. The minimum absolute atomic E-state index is 0.541. The molecule has 0 saturated carbocycles. The molecule has 0 fully saturated rings. The van der Waals surface area contributed by atoms with Crippen molar-refractivity contribution in [2.24, 2.45) is 0 Å². The summed E-state index contributed by atoms with van der Waals surface area (Å²) < 4.78 is 0. The molecule has 2 N–H and O–H groups in total. The van der Waals surface area contributed by atoms with Gasteiger partial charge in [0.25, 0.3) is 0 Å². The monoisotopic (exact) mass is 336 g/mol. The Morgan fingerprint density at radius 2 is 1.62 bits per heavy atom. The largest absolute Gasteiger partial charge is 0.360 e. The van der Waals surface area contributed by atoms with E-state index in [1.807, 2.05) is 61.5 Å². The SMILES string of the molecule is C=C(C)Nc1ccc(-c2ccnc(Nc3ccc(Cl)cc3)n2)cc1. The molecular formula is C19H17ClN4. The van der Waals surface area contributed by atoms with Gasteiger partial charge >= 0.3 is 0 Å². The fraction of sp³-hybridized carbons (Fsp3) is 0.0526. The van der Waals surface area contributed by atoms with Crippen molar-refractivity contribution < 1.29 is 0 Å². The van der Waals surface area contributed by atoms with Crippen LogP contribution in [0.25, 0.3) is 11.3 Å². The second-order valence-electron chi connectivity index (χ2n) is 5.38. The highest BCUT2D eigenvalue weighted by atomic mass is 35.5. The van der Waals surface area contributed by atoms with Gasteiger partial charge in [0.1, 0.15) is 0 Å². The smallest absolute Gasteiger partial charge is 0.227 e. The van der Waals surface area contributed by atoms with Crippen LogP contribution in [0.5, 0.6) is 0 Å². The predicted molar refractivity (Wildman–Crippen MR) is 101 cm³/mol. The van der Waals surface area contributed by atoms with Gasteiger partial charge in [0.05, 0.1) is 5.69 Å². The Labute approximate surface area is 146 Å². The van der Waals surface area contributed by atoms with Gasteiger partial charge in [-0.05, 0) is 49.4 Å². The van der Waals surface area contributed by atoms with Crippen molar-refractivity contribution in [2.75, 3.05) is 10.6 Å². The Morgan fingerprint density at radius 3 is 2.29 bits per heavy atom. The van der Waals surface area contributed by atoms with E-state index in [0.717, 1.165) is 28.3 Å². The van der Waals surface area contributed by atoms with Crippen molar-refractivity contribution >= 4 is 28.9 Å². The summed E-state index contributed by atoms with van der Waals surface area (Å²) in [5.41, 5.74) is 4.66. The van der Waals surface area contributed by atoms with Crippen LogP contribution in [0.1, 0.15) is 6.92 Å². The summed E-state index contributed by atoms with van der Waals surface area (Å²) in [5, 5.41) is 7.05. The zero-order valence-corrected chi connectivity index (χ0v) is 14.0. The van der Waals surface area contributed by atoms with Crippen LogP contribution in [0, 0.1) is 0 Å². The van der Waals surface area contributed by atoms with Gasteiger partial charge in [-0.1, -0.05) is 30.3 Å². The lowest BCUT2D eigenvalue weighted by Crippen LogP contribution is -1.98. The van der Waals surface area contributed by atoms with Crippen LogP contribution in [0.4, 0.5) is 17.3 Å². The van der Waals surface area contributed by atoms with Crippen molar-refractivity contribution in [3.63, 3.8) is 0 Å². The van der Waals surface area contributed by atoms with Crippen molar-refractivity contribution in [3.8, 4) is 11.3 Å². The van der Waals surface area contributed by atoms with E-state index in [0.29, 0.717) is 11.0 Å². The average molecular weight is 337 g/mol. The summed E-state index contributed by atoms with van der Waals surface area (Å²) in [6, 6.07) is 17.3. The van der Waals surface area contributed by atoms with Gasteiger partial charge in [0.2, 0.25) is 5.95 Å². The zero-order chi connectivity index (χ0) is 16.9. The third-order valence-corrected chi connectivity index (χ3v) is 3.55. The van der Waals surface area contributed by atoms with Crippen LogP contribution in [0.15, 0.2) is 73.1 Å². The van der Waals surface area contributed by atoms with Crippen molar-refractivity contribution in [1.82, 2.24) is 9.97 Å². The number of anilines is 3. The Bertz CT molecular complexity index is 842. The van der Waals surface area contributed by atoms with Crippen LogP contribution in [0.2, 0.25) is 5.02 Å². The van der Waals surface area contributed by atoms with Crippen LogP contribution < -0.4 is 10.6 Å². The normalized spacial score (nSPS) is 10.2. The summed E-state index contributed by atoms with van der Waals surface area (Å²) in [7, 11) is 0. The predicted octanol–water partition coefficient (Wildman–Crippen LogP) is 5.49. The van der Waals surface area contributed by atoms with Crippen molar-refractivity contribution in [1.29, 1.82) is 0 Å². The lowest BCUT2D eigenvalue weighted by molar-refractivity contribution is 1.17. The summed E-state index contributed by atoms with van der Waals surface area (Å²) >= 11 is 5.89. The Kier molecular flexibility index (Phi) is 4.77. The summed E-state index contributed by atoms with van der Waals surface area (Å²) in [6.07, 6.45) is 1.74. The Morgan fingerprint density at radius 1 is 0.958 bits per heavy atom. The molecule has 0 saturated heterocycles. The van der Waals surface area contributed by atoms with E-state index in [-0.39, 0.29) is 0 Å². The summed E-state index contributed by atoms with van der Waals surface area (Å²) in [5.74, 6) is 0.541. The fourth-order valence-electron chi connectivity index (χ4n) is 2.21. The summed E-state index contributed by atoms with van der Waals surface area (Å²) in [4.78, 5) is 8.82. The second-order valence-corrected chi connectivity index (χ2v) is 5.82. The molecule has 0 atom stereocenters. The topological polar surface area (TPSA) is 49.8 Å². The van der Waals surface area contributed by atoms with Crippen LogP contribution >= 0.6 is 11.6 Å². The molecule has 3 rings (SSSR count). The Balaban J connectivity index is 1.79. The molecule has 120 valence electrons. The molecule has 1 aromatic heterocycles. The molecule has 5 heteroatoms. The van der Waals surface area contributed by atoms with Gasteiger partial charge in [-0.15, -0.1) is 0 Å². The van der Waals surface area contributed by atoms with Gasteiger partial charge in [-0.3, -0.25) is 0 Å². The van der Waals surface area contributed by atoms with Gasteiger partial charge in [0, 0.05) is 33.9 Å². The number of hydrogen-bond acceptors (Lipinski definition) is 4. The molecule has 2 aromatic carbocycles. The number of nitrogens with zero attached hydrogens (tertiary/aromatic N) is 2. The standard InChI is InChI=1S/C19H17ClN4/c1-13(2)22-16-7-3-14(4-8-16)18-11-12-21-19(24-18)23-17-9-5-15(20)6-10-17/h3-12,22H,1H2,2H3,(H,21,23,24). The summed E-state index contributed by atoms with van der Waals surface area (Å²) in [6.45, 7) is 5.76. The van der Waals surface area contributed by atoms with Crippen molar-refractivity contribution in [2.45, 2.75) is 6.92 Å². The van der Waals surface area contributed by atoms with E-state index < -0.39 is 0 Å². The number of rotatable bonds is 5. The number of aromatic nitrogens is 2. The van der Waals surface area contributed by atoms with E-state index in [2.05, 4.69) is 27.2 Å². The maximum atomic E-state index is 5.89. The molecule has 0 bridgehead atoms. The lowest BCUT2D eigenvalue weighted by atomic mass is 10.1. The average Bonchev–Trinajstić information content (AvgIpc) is 2.57. The molecule has 0 spiro atoms. The van der Waals surface area contributed by atoms with Crippen LogP contribution in [0.3, 0.4) is 0 Å². The highest BCUT2D eigenvalue weighted by Gasteiger charge is 2.03. The minimum Gasteiger partial charge on any atom is -0.360 e. The van der Waals surface area contributed by atoms with Gasteiger partial charge in [0.15, 0.2) is 0 Å². The molecule has 3 aromatic rings. The molecule has 1 heterocycles.